The number of benzene rings is 1. The van der Waals surface area contributed by atoms with Gasteiger partial charge in [-0.25, -0.2) is 0 Å². The summed E-state index contributed by atoms with van der Waals surface area (Å²) in [6, 6.07) is 11.7. The van der Waals surface area contributed by atoms with Crippen molar-refractivity contribution in [3.05, 3.63) is 45.2 Å². The fourth-order valence-electron chi connectivity index (χ4n) is 2.01. The summed E-state index contributed by atoms with van der Waals surface area (Å²) in [5, 5.41) is 3.56. The Morgan fingerprint density at radius 3 is 2.89 bits per heavy atom. The average Bonchev–Trinajstić information content (AvgIpc) is 3.08. The normalized spacial score (nSPS) is 15.0. The molecule has 1 heterocycles. The molecule has 1 aliphatic rings. The molecule has 1 fully saturated rings. The topological polar surface area (TPSA) is 12.0 Å². The molecule has 3 rings (SSSR count). The molecule has 1 nitrogen and oxygen atoms in total. The van der Waals surface area contributed by atoms with Crippen LogP contribution in [0.1, 0.15) is 23.3 Å². The highest BCUT2D eigenvalue weighted by Crippen LogP contribution is 2.32. The maximum absolute atomic E-state index is 3.56. The first kappa shape index (κ1) is 12.4. The Kier molecular flexibility index (Phi) is 3.55. The van der Waals surface area contributed by atoms with Crippen LogP contribution >= 0.6 is 27.3 Å². The van der Waals surface area contributed by atoms with Crippen molar-refractivity contribution in [1.82, 2.24) is 5.32 Å². The van der Waals surface area contributed by atoms with E-state index in [2.05, 4.69) is 58.5 Å². The van der Waals surface area contributed by atoms with Gasteiger partial charge >= 0.3 is 0 Å². The third kappa shape index (κ3) is 2.85. The van der Waals surface area contributed by atoms with Crippen LogP contribution < -0.4 is 5.32 Å². The summed E-state index contributed by atoms with van der Waals surface area (Å²) in [6.45, 7) is 3.19. The van der Waals surface area contributed by atoms with Gasteiger partial charge in [0.2, 0.25) is 0 Å². The lowest BCUT2D eigenvalue weighted by molar-refractivity contribution is 0.695. The van der Waals surface area contributed by atoms with Crippen molar-refractivity contribution in [3.63, 3.8) is 0 Å². The molecule has 1 N–H and O–H groups in total. The summed E-state index contributed by atoms with van der Waals surface area (Å²) < 4.78 is 1.15. The highest BCUT2D eigenvalue weighted by molar-refractivity contribution is 9.10. The quantitative estimate of drug-likeness (QED) is 0.857. The Hall–Kier alpha value is -0.640. The molecule has 1 saturated carbocycles. The fraction of sp³-hybridized carbons (Fsp3) is 0.333. The molecule has 0 atom stereocenters. The molecular weight excluding hydrogens is 306 g/mol. The van der Waals surface area contributed by atoms with E-state index in [0.717, 1.165) is 17.1 Å². The van der Waals surface area contributed by atoms with Gasteiger partial charge in [0.15, 0.2) is 0 Å². The SMILES string of the molecule is Cc1ccc(Br)cc1-c1ccc(CNC2CC2)s1. The van der Waals surface area contributed by atoms with E-state index in [-0.39, 0.29) is 0 Å². The third-order valence-corrected chi connectivity index (χ3v) is 4.88. The van der Waals surface area contributed by atoms with Gasteiger partial charge in [0.05, 0.1) is 0 Å². The van der Waals surface area contributed by atoms with Crippen LogP contribution in [0.15, 0.2) is 34.8 Å². The van der Waals surface area contributed by atoms with Crippen molar-refractivity contribution < 1.29 is 0 Å². The average molecular weight is 322 g/mol. The zero-order valence-corrected chi connectivity index (χ0v) is 12.8. The van der Waals surface area contributed by atoms with Crippen molar-refractivity contribution in [1.29, 1.82) is 0 Å². The van der Waals surface area contributed by atoms with Crippen LogP contribution in [0.25, 0.3) is 10.4 Å². The van der Waals surface area contributed by atoms with Gasteiger partial charge in [-0.15, -0.1) is 11.3 Å². The monoisotopic (exact) mass is 321 g/mol. The number of hydrogen-bond acceptors (Lipinski definition) is 2. The second-order valence-corrected chi connectivity index (χ2v) is 6.96. The summed E-state index contributed by atoms with van der Waals surface area (Å²) in [7, 11) is 0. The molecule has 0 amide bonds. The minimum Gasteiger partial charge on any atom is -0.309 e. The molecule has 0 saturated heterocycles. The van der Waals surface area contributed by atoms with Gasteiger partial charge in [-0.1, -0.05) is 22.0 Å². The lowest BCUT2D eigenvalue weighted by atomic mass is 10.1. The van der Waals surface area contributed by atoms with E-state index in [1.165, 1.54) is 33.7 Å². The molecule has 1 aromatic carbocycles. The van der Waals surface area contributed by atoms with Crippen molar-refractivity contribution in [2.24, 2.45) is 0 Å². The van der Waals surface area contributed by atoms with Crippen molar-refractivity contribution in [3.8, 4) is 10.4 Å². The number of nitrogens with one attached hydrogen (secondary N) is 1. The Bertz CT molecular complexity index is 557. The second kappa shape index (κ2) is 5.16. The van der Waals surface area contributed by atoms with Gasteiger partial charge in [-0.3, -0.25) is 0 Å². The number of rotatable bonds is 4. The lowest BCUT2D eigenvalue weighted by Gasteiger charge is -2.04. The van der Waals surface area contributed by atoms with Gasteiger partial charge in [0.25, 0.3) is 0 Å². The maximum Gasteiger partial charge on any atom is 0.0349 e. The maximum atomic E-state index is 3.56. The Labute approximate surface area is 120 Å². The molecule has 2 aromatic rings. The molecule has 0 bridgehead atoms. The van der Waals surface area contributed by atoms with Gasteiger partial charge in [0.1, 0.15) is 0 Å². The molecule has 0 radical (unpaired) electrons. The van der Waals surface area contributed by atoms with E-state index in [1.54, 1.807) is 0 Å². The third-order valence-electron chi connectivity index (χ3n) is 3.27. The number of thiophene rings is 1. The van der Waals surface area contributed by atoms with Crippen molar-refractivity contribution >= 4 is 27.3 Å². The summed E-state index contributed by atoms with van der Waals surface area (Å²) in [5.41, 5.74) is 2.67. The summed E-state index contributed by atoms with van der Waals surface area (Å²) in [4.78, 5) is 2.79. The van der Waals surface area contributed by atoms with Crippen LogP contribution in [0.5, 0.6) is 0 Å². The predicted molar refractivity (Wildman–Crippen MR) is 82.1 cm³/mol. The van der Waals surface area contributed by atoms with Gasteiger partial charge in [-0.05, 0) is 55.2 Å². The second-order valence-electron chi connectivity index (χ2n) is 4.88. The predicted octanol–water partition coefficient (Wildman–Crippen LogP) is 4.74. The molecular formula is C15H16BrNS. The first-order chi connectivity index (χ1) is 8.72. The summed E-state index contributed by atoms with van der Waals surface area (Å²) >= 11 is 5.45. The number of aryl methyl sites for hydroxylation is 1. The van der Waals surface area contributed by atoms with Gasteiger partial charge < -0.3 is 5.32 Å². The minimum absolute atomic E-state index is 0.781. The van der Waals surface area contributed by atoms with E-state index >= 15 is 0 Å². The van der Waals surface area contributed by atoms with Crippen LogP contribution in [0.3, 0.4) is 0 Å². The lowest BCUT2D eigenvalue weighted by Crippen LogP contribution is -2.14. The molecule has 0 aliphatic heterocycles. The van der Waals surface area contributed by atoms with Crippen molar-refractivity contribution in [2.75, 3.05) is 0 Å². The Morgan fingerprint density at radius 2 is 2.11 bits per heavy atom. The van der Waals surface area contributed by atoms with E-state index < -0.39 is 0 Å². The van der Waals surface area contributed by atoms with E-state index in [1.807, 2.05) is 11.3 Å². The zero-order chi connectivity index (χ0) is 12.5. The minimum atomic E-state index is 0.781. The van der Waals surface area contributed by atoms with Gasteiger partial charge in [0, 0.05) is 26.8 Å². The molecule has 1 aromatic heterocycles. The van der Waals surface area contributed by atoms with Crippen molar-refractivity contribution in [2.45, 2.75) is 32.4 Å². The van der Waals surface area contributed by atoms with Crippen LogP contribution in [0, 0.1) is 6.92 Å². The number of hydrogen-bond donors (Lipinski definition) is 1. The molecule has 0 unspecified atom stereocenters. The Morgan fingerprint density at radius 1 is 1.28 bits per heavy atom. The smallest absolute Gasteiger partial charge is 0.0349 e. The van der Waals surface area contributed by atoms with Crippen LogP contribution in [-0.2, 0) is 6.54 Å². The van der Waals surface area contributed by atoms with Gasteiger partial charge in [-0.2, -0.15) is 0 Å². The largest absolute Gasteiger partial charge is 0.309 e. The van der Waals surface area contributed by atoms with E-state index in [9.17, 15) is 0 Å². The first-order valence-electron chi connectivity index (χ1n) is 6.31. The summed E-state index contributed by atoms with van der Waals surface area (Å²) in [6.07, 6.45) is 2.70. The first-order valence-corrected chi connectivity index (χ1v) is 7.92. The van der Waals surface area contributed by atoms with Crippen LogP contribution in [0.2, 0.25) is 0 Å². The number of halogens is 1. The summed E-state index contributed by atoms with van der Waals surface area (Å²) in [5.74, 6) is 0. The standard InChI is InChI=1S/C15H16BrNS/c1-10-2-3-11(16)8-14(10)15-7-6-13(18-15)9-17-12-4-5-12/h2-3,6-8,12,17H,4-5,9H2,1H3. The highest BCUT2D eigenvalue weighted by Gasteiger charge is 2.20. The molecule has 0 spiro atoms. The zero-order valence-electron chi connectivity index (χ0n) is 10.4. The highest BCUT2D eigenvalue weighted by atomic mass is 79.9. The molecule has 3 heteroatoms. The fourth-order valence-corrected chi connectivity index (χ4v) is 3.41. The Balaban J connectivity index is 1.80. The molecule has 94 valence electrons. The molecule has 1 aliphatic carbocycles. The molecule has 18 heavy (non-hydrogen) atoms. The van der Waals surface area contributed by atoms with Crippen LogP contribution in [0.4, 0.5) is 0 Å². The van der Waals surface area contributed by atoms with E-state index in [4.69, 9.17) is 0 Å². The van der Waals surface area contributed by atoms with Crippen LogP contribution in [-0.4, -0.2) is 6.04 Å². The van der Waals surface area contributed by atoms with E-state index in [0.29, 0.717) is 0 Å².